The van der Waals surface area contributed by atoms with Gasteiger partial charge in [-0.1, -0.05) is 0 Å². The molecule has 1 N–H and O–H groups in total. The van der Waals surface area contributed by atoms with E-state index in [0.29, 0.717) is 37.8 Å². The molecule has 2 rings (SSSR count). The van der Waals surface area contributed by atoms with E-state index in [4.69, 9.17) is 0 Å². The molecule has 0 aromatic heterocycles. The Morgan fingerprint density at radius 3 is 2.17 bits per heavy atom. The molecule has 18 heavy (non-hydrogen) atoms. The van der Waals surface area contributed by atoms with Gasteiger partial charge in [0.25, 0.3) is 0 Å². The highest BCUT2D eigenvalue weighted by atomic mass is 19.4. The van der Waals surface area contributed by atoms with Gasteiger partial charge in [-0.15, -0.1) is 0 Å². The van der Waals surface area contributed by atoms with Gasteiger partial charge in [-0.2, -0.15) is 13.2 Å². The van der Waals surface area contributed by atoms with Crippen LogP contribution >= 0.6 is 0 Å². The summed E-state index contributed by atoms with van der Waals surface area (Å²) in [5.74, 6) is -1.06. The first kappa shape index (κ1) is 14.1. The van der Waals surface area contributed by atoms with Crippen molar-refractivity contribution in [2.24, 2.45) is 5.92 Å². The molecule has 1 unspecified atom stereocenters. The van der Waals surface area contributed by atoms with Crippen LogP contribution in [0, 0.1) is 5.92 Å². The average molecular weight is 264 g/mol. The number of nitrogens with zero attached hydrogens (tertiary/aromatic N) is 1. The summed E-state index contributed by atoms with van der Waals surface area (Å²) in [5.41, 5.74) is 0. The van der Waals surface area contributed by atoms with Crippen LogP contribution in [0.1, 0.15) is 38.5 Å². The topological polar surface area (TPSA) is 15.3 Å². The summed E-state index contributed by atoms with van der Waals surface area (Å²) < 4.78 is 37.8. The van der Waals surface area contributed by atoms with Crippen LogP contribution in [0.4, 0.5) is 13.2 Å². The SMILES string of the molecule is CN(C1CCC(C(F)(F)F)CC1)C1CCCNC1. The minimum Gasteiger partial charge on any atom is -0.315 e. The Morgan fingerprint density at radius 2 is 1.67 bits per heavy atom. The number of rotatable bonds is 2. The molecule has 2 fully saturated rings. The van der Waals surface area contributed by atoms with E-state index >= 15 is 0 Å². The molecule has 1 heterocycles. The Morgan fingerprint density at radius 1 is 1.00 bits per heavy atom. The molecule has 2 aliphatic rings. The lowest BCUT2D eigenvalue weighted by Crippen LogP contribution is -2.49. The second-order valence-corrected chi connectivity index (χ2v) is 5.71. The lowest BCUT2D eigenvalue weighted by atomic mass is 9.84. The van der Waals surface area contributed by atoms with Crippen molar-refractivity contribution in [2.45, 2.75) is 56.8 Å². The first-order valence-corrected chi connectivity index (χ1v) is 6.98. The maximum atomic E-state index is 12.6. The maximum absolute atomic E-state index is 12.6. The fraction of sp³-hybridized carbons (Fsp3) is 1.00. The Bertz CT molecular complexity index is 253. The van der Waals surface area contributed by atoms with Crippen molar-refractivity contribution in [1.29, 1.82) is 0 Å². The molecule has 0 radical (unpaired) electrons. The Balaban J connectivity index is 1.81. The summed E-state index contributed by atoms with van der Waals surface area (Å²) in [6.45, 7) is 2.06. The minimum absolute atomic E-state index is 0.304. The molecule has 1 aliphatic carbocycles. The summed E-state index contributed by atoms with van der Waals surface area (Å²) in [6.07, 6.45) is 0.344. The molecule has 1 saturated carbocycles. The van der Waals surface area contributed by atoms with Gasteiger partial charge in [0.15, 0.2) is 0 Å². The van der Waals surface area contributed by atoms with Gasteiger partial charge in [0.1, 0.15) is 0 Å². The normalized spacial score (nSPS) is 34.8. The van der Waals surface area contributed by atoms with Crippen LogP contribution in [0.15, 0.2) is 0 Å². The quantitative estimate of drug-likeness (QED) is 0.825. The van der Waals surface area contributed by atoms with E-state index in [1.165, 1.54) is 12.8 Å². The standard InChI is InChI=1S/C13H23F3N2/c1-18(12-3-2-8-17-9-12)11-6-4-10(5-7-11)13(14,15)16/h10-12,17H,2-9H2,1H3. The van der Waals surface area contributed by atoms with E-state index in [2.05, 4.69) is 17.3 Å². The van der Waals surface area contributed by atoms with Crippen molar-refractivity contribution >= 4 is 0 Å². The molecule has 106 valence electrons. The van der Waals surface area contributed by atoms with Crippen LogP contribution in [-0.4, -0.2) is 43.3 Å². The first-order chi connectivity index (χ1) is 8.48. The van der Waals surface area contributed by atoms with Gasteiger partial charge in [0.2, 0.25) is 0 Å². The Hall–Kier alpha value is -0.290. The number of alkyl halides is 3. The summed E-state index contributed by atoms with van der Waals surface area (Å²) in [5, 5.41) is 3.37. The van der Waals surface area contributed by atoms with Gasteiger partial charge < -0.3 is 5.32 Å². The molecular weight excluding hydrogens is 241 g/mol. The molecule has 0 bridgehead atoms. The number of nitrogens with one attached hydrogen (secondary N) is 1. The number of piperidine rings is 1. The smallest absolute Gasteiger partial charge is 0.315 e. The predicted molar refractivity (Wildman–Crippen MR) is 65.5 cm³/mol. The fourth-order valence-electron chi connectivity index (χ4n) is 3.29. The minimum atomic E-state index is -3.99. The van der Waals surface area contributed by atoms with Crippen LogP contribution in [0.25, 0.3) is 0 Å². The van der Waals surface area contributed by atoms with Crippen LogP contribution < -0.4 is 5.32 Å². The third-order valence-corrected chi connectivity index (χ3v) is 4.58. The van der Waals surface area contributed by atoms with Crippen molar-refractivity contribution < 1.29 is 13.2 Å². The lowest BCUT2D eigenvalue weighted by molar-refractivity contribution is -0.184. The zero-order chi connectivity index (χ0) is 13.2. The van der Waals surface area contributed by atoms with E-state index in [0.717, 1.165) is 13.1 Å². The summed E-state index contributed by atoms with van der Waals surface area (Å²) in [4.78, 5) is 2.32. The summed E-state index contributed by atoms with van der Waals surface area (Å²) in [7, 11) is 2.08. The molecule has 1 saturated heterocycles. The maximum Gasteiger partial charge on any atom is 0.391 e. The van der Waals surface area contributed by atoms with Gasteiger partial charge in [-0.3, -0.25) is 4.90 Å². The van der Waals surface area contributed by atoms with Crippen molar-refractivity contribution in [2.75, 3.05) is 20.1 Å². The van der Waals surface area contributed by atoms with Crippen molar-refractivity contribution in [3.05, 3.63) is 0 Å². The third kappa shape index (κ3) is 3.38. The monoisotopic (exact) mass is 264 g/mol. The van der Waals surface area contributed by atoms with Crippen molar-refractivity contribution in [1.82, 2.24) is 10.2 Å². The third-order valence-electron chi connectivity index (χ3n) is 4.58. The van der Waals surface area contributed by atoms with Crippen LogP contribution in [-0.2, 0) is 0 Å². The van der Waals surface area contributed by atoms with Crippen molar-refractivity contribution in [3.63, 3.8) is 0 Å². The summed E-state index contributed by atoms with van der Waals surface area (Å²) in [6, 6.07) is 0.847. The number of likely N-dealkylation sites (N-methyl/N-ethyl adjacent to an activating group) is 1. The first-order valence-electron chi connectivity index (χ1n) is 6.98. The predicted octanol–water partition coefficient (Wildman–Crippen LogP) is 2.79. The van der Waals surface area contributed by atoms with Gasteiger partial charge in [0, 0.05) is 18.6 Å². The Kier molecular flexibility index (Phi) is 4.54. The van der Waals surface area contributed by atoms with Gasteiger partial charge in [-0.25, -0.2) is 0 Å². The molecule has 2 nitrogen and oxygen atoms in total. The van der Waals surface area contributed by atoms with Crippen LogP contribution in [0.2, 0.25) is 0 Å². The molecule has 5 heteroatoms. The highest BCUT2D eigenvalue weighted by Gasteiger charge is 2.42. The molecule has 0 aromatic rings. The number of hydrogen-bond donors (Lipinski definition) is 1. The van der Waals surface area contributed by atoms with E-state index in [1.807, 2.05) is 0 Å². The average Bonchev–Trinajstić information content (AvgIpc) is 2.38. The van der Waals surface area contributed by atoms with E-state index in [1.54, 1.807) is 0 Å². The molecule has 1 aliphatic heterocycles. The lowest BCUT2D eigenvalue weighted by Gasteiger charge is -2.41. The van der Waals surface area contributed by atoms with Crippen LogP contribution in [0.3, 0.4) is 0 Å². The van der Waals surface area contributed by atoms with Gasteiger partial charge in [0.05, 0.1) is 5.92 Å². The molecule has 1 atom stereocenters. The van der Waals surface area contributed by atoms with Gasteiger partial charge >= 0.3 is 6.18 Å². The van der Waals surface area contributed by atoms with Crippen LogP contribution in [0.5, 0.6) is 0 Å². The molecule has 0 amide bonds. The number of hydrogen-bond acceptors (Lipinski definition) is 2. The van der Waals surface area contributed by atoms with Gasteiger partial charge in [-0.05, 0) is 52.1 Å². The number of halogens is 3. The van der Waals surface area contributed by atoms with Crippen molar-refractivity contribution in [3.8, 4) is 0 Å². The second-order valence-electron chi connectivity index (χ2n) is 5.71. The fourth-order valence-corrected chi connectivity index (χ4v) is 3.29. The Labute approximate surface area is 107 Å². The van der Waals surface area contributed by atoms with E-state index in [-0.39, 0.29) is 0 Å². The van der Waals surface area contributed by atoms with E-state index < -0.39 is 12.1 Å². The zero-order valence-electron chi connectivity index (χ0n) is 11.0. The highest BCUT2D eigenvalue weighted by molar-refractivity contribution is 4.86. The van der Waals surface area contributed by atoms with E-state index in [9.17, 15) is 13.2 Å². The summed E-state index contributed by atoms with van der Waals surface area (Å²) >= 11 is 0. The molecule has 0 aromatic carbocycles. The molecular formula is C13H23F3N2. The highest BCUT2D eigenvalue weighted by Crippen LogP contribution is 2.38. The second kappa shape index (κ2) is 5.78. The largest absolute Gasteiger partial charge is 0.391 e. The molecule has 0 spiro atoms. The zero-order valence-corrected chi connectivity index (χ0v) is 11.0.